The van der Waals surface area contributed by atoms with Crippen LogP contribution in [-0.4, -0.2) is 36.4 Å². The van der Waals surface area contributed by atoms with E-state index in [1.54, 1.807) is 0 Å². The Morgan fingerprint density at radius 1 is 0.524 bits per heavy atom. The van der Waals surface area contributed by atoms with Crippen LogP contribution in [0.4, 0.5) is 0 Å². The smallest absolute Gasteiger partial charge is 0.306 e. The molecule has 1 N–H and O–H groups in total. The Kier molecular flexibility index (Phi) is 32.6. The van der Waals surface area contributed by atoms with Crippen LogP contribution in [0.1, 0.15) is 181 Å². The Labute approximate surface area is 260 Å². The molecule has 1 unspecified atom stereocenters. The van der Waals surface area contributed by atoms with Crippen LogP contribution >= 0.6 is 0 Å². The third-order valence-corrected chi connectivity index (χ3v) is 7.72. The average Bonchev–Trinajstić information content (AvgIpc) is 2.99. The van der Waals surface area contributed by atoms with Crippen LogP contribution in [0.25, 0.3) is 0 Å². The molecule has 0 aliphatic carbocycles. The van der Waals surface area contributed by atoms with Gasteiger partial charge in [0.15, 0.2) is 6.10 Å². The highest BCUT2D eigenvalue weighted by Crippen LogP contribution is 2.13. The molecule has 0 spiro atoms. The molecule has 0 bridgehead atoms. The number of rotatable bonds is 32. The summed E-state index contributed by atoms with van der Waals surface area (Å²) < 4.78 is 10.5. The fourth-order valence-electron chi connectivity index (χ4n) is 4.94. The number of aliphatic hydroxyl groups is 1. The summed E-state index contributed by atoms with van der Waals surface area (Å²) in [6.07, 6.45) is 38.0. The number of carbonyl (C=O) groups excluding carboxylic acids is 2. The van der Waals surface area contributed by atoms with E-state index in [1.807, 2.05) is 0 Å². The van der Waals surface area contributed by atoms with Crippen molar-refractivity contribution in [1.29, 1.82) is 0 Å². The minimum Gasteiger partial charge on any atom is -0.462 e. The Morgan fingerprint density at radius 3 is 1.36 bits per heavy atom. The summed E-state index contributed by atoms with van der Waals surface area (Å²) in [5, 5.41) is 9.51. The van der Waals surface area contributed by atoms with Crippen LogP contribution in [-0.2, 0) is 19.1 Å². The number of ether oxygens (including phenoxy) is 2. The largest absolute Gasteiger partial charge is 0.462 e. The van der Waals surface area contributed by atoms with E-state index in [9.17, 15) is 14.7 Å². The summed E-state index contributed by atoms with van der Waals surface area (Å²) in [4.78, 5) is 24.1. The second kappa shape index (κ2) is 33.9. The van der Waals surface area contributed by atoms with Crippen molar-refractivity contribution in [2.45, 2.75) is 187 Å². The molecule has 0 aromatic rings. The molecule has 0 fully saturated rings. The van der Waals surface area contributed by atoms with Gasteiger partial charge in [-0.3, -0.25) is 9.59 Å². The molecule has 42 heavy (non-hydrogen) atoms. The third-order valence-electron chi connectivity index (χ3n) is 7.72. The van der Waals surface area contributed by atoms with Crippen molar-refractivity contribution in [3.8, 4) is 0 Å². The zero-order valence-corrected chi connectivity index (χ0v) is 27.8. The van der Waals surface area contributed by atoms with Gasteiger partial charge in [-0.05, 0) is 57.8 Å². The number of allylic oxidation sites excluding steroid dienone is 4. The van der Waals surface area contributed by atoms with E-state index < -0.39 is 6.10 Å². The molecule has 0 aromatic heterocycles. The van der Waals surface area contributed by atoms with Crippen LogP contribution in [0, 0.1) is 0 Å². The van der Waals surface area contributed by atoms with Crippen LogP contribution in [0.2, 0.25) is 0 Å². The van der Waals surface area contributed by atoms with Crippen molar-refractivity contribution in [2.24, 2.45) is 0 Å². The number of esters is 2. The fourth-order valence-corrected chi connectivity index (χ4v) is 4.94. The van der Waals surface area contributed by atoms with Crippen LogP contribution < -0.4 is 0 Å². The lowest BCUT2D eigenvalue weighted by atomic mass is 10.1. The number of hydrogen-bond acceptors (Lipinski definition) is 5. The van der Waals surface area contributed by atoms with Gasteiger partial charge in [-0.25, -0.2) is 0 Å². The van der Waals surface area contributed by atoms with E-state index in [0.717, 1.165) is 44.9 Å². The first kappa shape index (κ1) is 40.4. The van der Waals surface area contributed by atoms with Gasteiger partial charge >= 0.3 is 11.9 Å². The lowest BCUT2D eigenvalue weighted by molar-refractivity contribution is -0.161. The highest BCUT2D eigenvalue weighted by Gasteiger charge is 2.16. The Balaban J connectivity index is 3.57. The highest BCUT2D eigenvalue weighted by atomic mass is 16.6. The van der Waals surface area contributed by atoms with Gasteiger partial charge in [-0.15, -0.1) is 0 Å². The number of hydrogen-bond donors (Lipinski definition) is 1. The van der Waals surface area contributed by atoms with Crippen LogP contribution in [0.5, 0.6) is 0 Å². The Morgan fingerprint density at radius 2 is 0.905 bits per heavy atom. The first-order valence-corrected chi connectivity index (χ1v) is 17.9. The molecule has 5 nitrogen and oxygen atoms in total. The van der Waals surface area contributed by atoms with Gasteiger partial charge < -0.3 is 14.6 Å². The molecular formula is C37H68O5. The molecule has 0 rings (SSSR count). The van der Waals surface area contributed by atoms with Gasteiger partial charge in [-0.2, -0.15) is 0 Å². The van der Waals surface area contributed by atoms with E-state index >= 15 is 0 Å². The normalized spacial score (nSPS) is 12.4. The fraction of sp³-hybridized carbons (Fsp3) is 0.838. The Hall–Kier alpha value is -1.62. The van der Waals surface area contributed by atoms with E-state index in [4.69, 9.17) is 9.47 Å². The monoisotopic (exact) mass is 593 g/mol. The summed E-state index contributed by atoms with van der Waals surface area (Å²) in [7, 11) is 0. The molecule has 1 atom stereocenters. The molecule has 0 amide bonds. The molecule has 0 aliphatic heterocycles. The molecule has 0 aromatic carbocycles. The predicted octanol–water partition coefficient (Wildman–Crippen LogP) is 10.7. The van der Waals surface area contributed by atoms with E-state index in [1.165, 1.54) is 109 Å². The number of carbonyl (C=O) groups is 2. The van der Waals surface area contributed by atoms with E-state index in [0.29, 0.717) is 12.8 Å². The summed E-state index contributed by atoms with van der Waals surface area (Å²) in [5.74, 6) is -0.606. The lowest BCUT2D eigenvalue weighted by Gasteiger charge is -2.15. The van der Waals surface area contributed by atoms with Crippen molar-refractivity contribution in [3.05, 3.63) is 24.3 Å². The first-order chi connectivity index (χ1) is 20.6. The summed E-state index contributed by atoms with van der Waals surface area (Å²) in [5.41, 5.74) is 0. The minimum atomic E-state index is -0.772. The van der Waals surface area contributed by atoms with Gasteiger partial charge in [0, 0.05) is 12.8 Å². The van der Waals surface area contributed by atoms with Crippen molar-refractivity contribution in [2.75, 3.05) is 13.2 Å². The molecule has 0 heterocycles. The van der Waals surface area contributed by atoms with E-state index in [-0.39, 0.29) is 25.2 Å². The van der Waals surface area contributed by atoms with Gasteiger partial charge in [0.25, 0.3) is 0 Å². The lowest BCUT2D eigenvalue weighted by Crippen LogP contribution is -2.28. The summed E-state index contributed by atoms with van der Waals surface area (Å²) in [6.45, 7) is 4.08. The molecular weight excluding hydrogens is 524 g/mol. The maximum Gasteiger partial charge on any atom is 0.306 e. The molecule has 5 heteroatoms. The highest BCUT2D eigenvalue weighted by molar-refractivity contribution is 5.70. The molecule has 0 saturated carbocycles. The second-order valence-corrected chi connectivity index (χ2v) is 11.9. The van der Waals surface area contributed by atoms with Gasteiger partial charge in [0.1, 0.15) is 6.61 Å². The minimum absolute atomic E-state index is 0.0698. The zero-order chi connectivity index (χ0) is 30.8. The van der Waals surface area contributed by atoms with Crippen molar-refractivity contribution in [1.82, 2.24) is 0 Å². The average molecular weight is 593 g/mol. The Bertz CT molecular complexity index is 642. The standard InChI is InChI=1S/C37H68O5/c1-3-5-7-9-11-13-15-16-17-18-19-20-22-24-26-28-30-32-37(40)42-35(33-38)34-41-36(39)31-29-27-25-23-21-14-12-10-8-6-4-2/h10,12,16-17,35,38H,3-9,11,13-15,18-34H2,1-2H3. The van der Waals surface area contributed by atoms with Crippen molar-refractivity contribution < 1.29 is 24.2 Å². The van der Waals surface area contributed by atoms with Crippen molar-refractivity contribution in [3.63, 3.8) is 0 Å². The van der Waals surface area contributed by atoms with Gasteiger partial charge in [-0.1, -0.05) is 134 Å². The number of aliphatic hydroxyl groups excluding tert-OH is 1. The maximum absolute atomic E-state index is 12.1. The van der Waals surface area contributed by atoms with Crippen molar-refractivity contribution >= 4 is 11.9 Å². The molecule has 0 aliphatic rings. The predicted molar refractivity (Wildman–Crippen MR) is 178 cm³/mol. The zero-order valence-electron chi connectivity index (χ0n) is 27.8. The quantitative estimate of drug-likeness (QED) is 0.0478. The van der Waals surface area contributed by atoms with Gasteiger partial charge in [0.05, 0.1) is 6.61 Å². The summed E-state index contributed by atoms with van der Waals surface area (Å²) >= 11 is 0. The van der Waals surface area contributed by atoms with E-state index in [2.05, 4.69) is 38.2 Å². The molecule has 246 valence electrons. The summed E-state index contributed by atoms with van der Waals surface area (Å²) in [6, 6.07) is 0. The molecule has 0 saturated heterocycles. The topological polar surface area (TPSA) is 72.8 Å². The van der Waals surface area contributed by atoms with Crippen LogP contribution in [0.3, 0.4) is 0 Å². The molecule has 0 radical (unpaired) electrons. The van der Waals surface area contributed by atoms with Crippen LogP contribution in [0.15, 0.2) is 24.3 Å². The maximum atomic E-state index is 12.1. The first-order valence-electron chi connectivity index (χ1n) is 17.9. The third kappa shape index (κ3) is 31.3. The SMILES string of the molecule is CCCCC=CCCCCCCCC(=O)OCC(CO)OC(=O)CCCCCCCCCC=CCCCCCCCC. The second-order valence-electron chi connectivity index (χ2n) is 11.9. The number of unbranched alkanes of at least 4 members (excludes halogenated alkanes) is 20. The van der Waals surface area contributed by atoms with Gasteiger partial charge in [0.2, 0.25) is 0 Å².